The van der Waals surface area contributed by atoms with E-state index in [1.807, 2.05) is 44.2 Å². The van der Waals surface area contributed by atoms with Gasteiger partial charge in [-0.2, -0.15) is 0 Å². The summed E-state index contributed by atoms with van der Waals surface area (Å²) in [6.45, 7) is 10.2. The van der Waals surface area contributed by atoms with E-state index in [-0.39, 0.29) is 18.4 Å². The molecule has 0 spiro atoms. The van der Waals surface area contributed by atoms with Crippen molar-refractivity contribution >= 4 is 18.1 Å². The van der Waals surface area contributed by atoms with Crippen LogP contribution in [0, 0.1) is 5.92 Å². The summed E-state index contributed by atoms with van der Waals surface area (Å²) < 4.78 is 10.3. The first kappa shape index (κ1) is 25.3. The van der Waals surface area contributed by atoms with Gasteiger partial charge in [-0.15, -0.1) is 0 Å². The number of ether oxygens (including phenoxy) is 2. The first-order valence-corrected chi connectivity index (χ1v) is 10.3. The van der Waals surface area contributed by atoms with E-state index in [4.69, 9.17) is 9.47 Å². The van der Waals surface area contributed by atoms with Crippen LogP contribution in [-0.2, 0) is 20.9 Å². The highest BCUT2D eigenvalue weighted by molar-refractivity contribution is 5.85. The van der Waals surface area contributed by atoms with Crippen molar-refractivity contribution in [1.82, 2.24) is 16.0 Å². The second kappa shape index (κ2) is 12.7. The molecule has 0 saturated heterocycles. The number of amides is 3. The summed E-state index contributed by atoms with van der Waals surface area (Å²) in [4.78, 5) is 36.0. The molecule has 1 atom stereocenters. The van der Waals surface area contributed by atoms with E-state index in [1.54, 1.807) is 20.8 Å². The van der Waals surface area contributed by atoms with Crippen LogP contribution in [0.4, 0.5) is 9.59 Å². The summed E-state index contributed by atoms with van der Waals surface area (Å²) >= 11 is 0. The lowest BCUT2D eigenvalue weighted by Gasteiger charge is -2.21. The lowest BCUT2D eigenvalue weighted by Crippen LogP contribution is -2.50. The third kappa shape index (κ3) is 11.3. The zero-order valence-corrected chi connectivity index (χ0v) is 18.6. The molecule has 1 aromatic carbocycles. The molecule has 0 bridgehead atoms. The summed E-state index contributed by atoms with van der Waals surface area (Å²) in [5, 5.41) is 8.12. The minimum Gasteiger partial charge on any atom is -0.445 e. The van der Waals surface area contributed by atoms with E-state index in [2.05, 4.69) is 16.0 Å². The van der Waals surface area contributed by atoms with Gasteiger partial charge < -0.3 is 25.4 Å². The first-order chi connectivity index (χ1) is 14.1. The molecule has 1 aromatic rings. The number of carbonyl (C=O) groups excluding carboxylic acids is 3. The fourth-order valence-corrected chi connectivity index (χ4v) is 2.50. The van der Waals surface area contributed by atoms with Crippen LogP contribution in [-0.4, -0.2) is 42.8 Å². The van der Waals surface area contributed by atoms with Crippen molar-refractivity contribution in [2.45, 2.75) is 65.7 Å². The molecule has 1 rings (SSSR count). The first-order valence-electron chi connectivity index (χ1n) is 10.3. The molecule has 8 heteroatoms. The predicted octanol–water partition coefficient (Wildman–Crippen LogP) is 3.36. The number of benzene rings is 1. The Morgan fingerprint density at radius 1 is 0.933 bits per heavy atom. The van der Waals surface area contributed by atoms with Crippen LogP contribution >= 0.6 is 0 Å². The zero-order chi connectivity index (χ0) is 22.6. The maximum Gasteiger partial charge on any atom is 0.408 e. The molecule has 0 radical (unpaired) electrons. The normalized spacial score (nSPS) is 12.1. The Hall–Kier alpha value is -2.77. The van der Waals surface area contributed by atoms with Gasteiger partial charge >= 0.3 is 12.2 Å². The number of unbranched alkanes of at least 4 members (excludes halogenated alkanes) is 1. The topological polar surface area (TPSA) is 106 Å². The van der Waals surface area contributed by atoms with Crippen molar-refractivity contribution < 1.29 is 23.9 Å². The summed E-state index contributed by atoms with van der Waals surface area (Å²) in [5.74, 6) is -0.357. The molecule has 3 amide bonds. The second-order valence-electron chi connectivity index (χ2n) is 8.35. The van der Waals surface area contributed by atoms with E-state index < -0.39 is 23.8 Å². The van der Waals surface area contributed by atoms with Gasteiger partial charge in [0, 0.05) is 13.1 Å². The molecular weight excluding hydrogens is 386 g/mol. The van der Waals surface area contributed by atoms with Gasteiger partial charge in [-0.25, -0.2) is 9.59 Å². The maximum absolute atomic E-state index is 12.4. The SMILES string of the molecule is CC(C)[C@H](NC(=O)OCc1ccccc1)C(=O)NCCCCNC(=O)OC(C)(C)C. The number of nitrogens with one attached hydrogen (secondary N) is 3. The molecule has 0 saturated carbocycles. The quantitative estimate of drug-likeness (QED) is 0.502. The minimum atomic E-state index is -0.687. The van der Waals surface area contributed by atoms with Gasteiger partial charge in [0.25, 0.3) is 0 Å². The Balaban J connectivity index is 2.27. The van der Waals surface area contributed by atoms with E-state index in [0.717, 1.165) is 5.56 Å². The summed E-state index contributed by atoms with van der Waals surface area (Å²) in [6, 6.07) is 8.65. The Kier molecular flexibility index (Phi) is 10.7. The van der Waals surface area contributed by atoms with Gasteiger partial charge in [-0.3, -0.25) is 4.79 Å². The maximum atomic E-state index is 12.4. The van der Waals surface area contributed by atoms with Crippen molar-refractivity contribution in [1.29, 1.82) is 0 Å². The van der Waals surface area contributed by atoms with Crippen molar-refractivity contribution in [3.8, 4) is 0 Å². The Morgan fingerprint density at radius 3 is 2.10 bits per heavy atom. The molecule has 0 aliphatic carbocycles. The van der Waals surface area contributed by atoms with Gasteiger partial charge in [0.15, 0.2) is 0 Å². The molecule has 0 unspecified atom stereocenters. The Morgan fingerprint density at radius 2 is 1.53 bits per heavy atom. The highest BCUT2D eigenvalue weighted by Gasteiger charge is 2.24. The van der Waals surface area contributed by atoms with Gasteiger partial charge in [-0.1, -0.05) is 44.2 Å². The van der Waals surface area contributed by atoms with Gasteiger partial charge in [0.2, 0.25) is 5.91 Å². The molecule has 30 heavy (non-hydrogen) atoms. The fraction of sp³-hybridized carbons (Fsp3) is 0.591. The van der Waals surface area contributed by atoms with Crippen molar-refractivity contribution in [3.63, 3.8) is 0 Å². The monoisotopic (exact) mass is 421 g/mol. The smallest absolute Gasteiger partial charge is 0.408 e. The van der Waals surface area contributed by atoms with E-state index >= 15 is 0 Å². The van der Waals surface area contributed by atoms with Crippen LogP contribution in [0.5, 0.6) is 0 Å². The van der Waals surface area contributed by atoms with Crippen LogP contribution in [0.2, 0.25) is 0 Å². The van der Waals surface area contributed by atoms with Crippen LogP contribution in [0.3, 0.4) is 0 Å². The number of rotatable bonds is 10. The van der Waals surface area contributed by atoms with Crippen LogP contribution < -0.4 is 16.0 Å². The van der Waals surface area contributed by atoms with Gasteiger partial charge in [0.05, 0.1) is 0 Å². The second-order valence-corrected chi connectivity index (χ2v) is 8.35. The highest BCUT2D eigenvalue weighted by atomic mass is 16.6. The lowest BCUT2D eigenvalue weighted by atomic mass is 10.0. The van der Waals surface area contributed by atoms with Crippen molar-refractivity contribution in [2.75, 3.05) is 13.1 Å². The van der Waals surface area contributed by atoms with Gasteiger partial charge in [0.1, 0.15) is 18.2 Å². The lowest BCUT2D eigenvalue weighted by molar-refractivity contribution is -0.124. The summed E-state index contributed by atoms with van der Waals surface area (Å²) in [5.41, 5.74) is 0.345. The molecule has 0 heterocycles. The molecule has 168 valence electrons. The number of hydrogen-bond donors (Lipinski definition) is 3. The molecule has 0 aliphatic heterocycles. The average molecular weight is 422 g/mol. The molecule has 0 aliphatic rings. The molecule has 8 nitrogen and oxygen atoms in total. The van der Waals surface area contributed by atoms with Crippen molar-refractivity contribution in [2.24, 2.45) is 5.92 Å². The van der Waals surface area contributed by atoms with Crippen LogP contribution in [0.15, 0.2) is 30.3 Å². The summed E-state index contributed by atoms with van der Waals surface area (Å²) in [6.07, 6.45) is 0.294. The van der Waals surface area contributed by atoms with E-state index in [9.17, 15) is 14.4 Å². The number of carbonyl (C=O) groups is 3. The largest absolute Gasteiger partial charge is 0.445 e. The van der Waals surface area contributed by atoms with Gasteiger partial charge in [-0.05, 0) is 45.1 Å². The van der Waals surface area contributed by atoms with Crippen LogP contribution in [0.25, 0.3) is 0 Å². The Labute approximate surface area is 179 Å². The fourth-order valence-electron chi connectivity index (χ4n) is 2.50. The minimum absolute atomic E-state index is 0.0943. The molecule has 0 fully saturated rings. The highest BCUT2D eigenvalue weighted by Crippen LogP contribution is 2.07. The number of hydrogen-bond acceptors (Lipinski definition) is 5. The molecule has 3 N–H and O–H groups in total. The van der Waals surface area contributed by atoms with Crippen LogP contribution in [0.1, 0.15) is 53.0 Å². The third-order valence-corrected chi connectivity index (χ3v) is 4.01. The molecular formula is C22H35N3O5. The summed E-state index contributed by atoms with van der Waals surface area (Å²) in [7, 11) is 0. The third-order valence-electron chi connectivity index (χ3n) is 4.01. The zero-order valence-electron chi connectivity index (χ0n) is 18.6. The predicted molar refractivity (Wildman–Crippen MR) is 115 cm³/mol. The average Bonchev–Trinajstić information content (AvgIpc) is 2.66. The van der Waals surface area contributed by atoms with Crippen molar-refractivity contribution in [3.05, 3.63) is 35.9 Å². The molecule has 0 aromatic heterocycles. The Bertz CT molecular complexity index is 671. The standard InChI is InChI=1S/C22H35N3O5/c1-16(2)18(25-21(28)29-15-17-11-7-6-8-12-17)19(26)23-13-9-10-14-24-20(27)30-22(3,4)5/h6-8,11-12,16,18H,9-10,13-15H2,1-5H3,(H,23,26)(H,24,27)(H,25,28)/t18-/m0/s1. The van der Waals surface area contributed by atoms with E-state index in [1.165, 1.54) is 0 Å². The number of alkyl carbamates (subject to hydrolysis) is 2. The van der Waals surface area contributed by atoms with E-state index in [0.29, 0.717) is 25.9 Å².